The second kappa shape index (κ2) is 10.8. The van der Waals surface area contributed by atoms with Crippen LogP contribution in [0.5, 0.6) is 5.75 Å². The van der Waals surface area contributed by atoms with Crippen LogP contribution in [0.1, 0.15) is 32.0 Å². The molecule has 0 saturated carbocycles. The smallest absolute Gasteiger partial charge is 0.287 e. The minimum Gasteiger partial charge on any atom is -0.483 e. The first-order valence-corrected chi connectivity index (χ1v) is 10.1. The van der Waals surface area contributed by atoms with Gasteiger partial charge in [0.25, 0.3) is 17.7 Å². The van der Waals surface area contributed by atoms with Crippen molar-refractivity contribution in [3.63, 3.8) is 0 Å². The number of benzene rings is 2. The lowest BCUT2D eigenvalue weighted by Gasteiger charge is -2.11. The van der Waals surface area contributed by atoms with Gasteiger partial charge < -0.3 is 25.1 Å². The highest BCUT2D eigenvalue weighted by atomic mass is 16.5. The third kappa shape index (κ3) is 6.21. The van der Waals surface area contributed by atoms with Crippen molar-refractivity contribution in [1.29, 1.82) is 0 Å². The first-order chi connectivity index (χ1) is 15.4. The predicted octanol–water partition coefficient (Wildman–Crippen LogP) is 3.07. The average Bonchev–Trinajstić information content (AvgIpc) is 3.33. The van der Waals surface area contributed by atoms with Gasteiger partial charge in [0.15, 0.2) is 12.4 Å². The average molecular weight is 435 g/mol. The molecule has 0 bridgehead atoms. The number of aryl methyl sites for hydroxylation is 1. The molecule has 3 rings (SSSR count). The third-order valence-corrected chi connectivity index (χ3v) is 4.79. The van der Waals surface area contributed by atoms with E-state index in [0.29, 0.717) is 17.0 Å². The summed E-state index contributed by atoms with van der Waals surface area (Å²) in [5.41, 5.74) is 3.08. The van der Waals surface area contributed by atoms with Crippen LogP contribution in [-0.2, 0) is 4.79 Å². The topological polar surface area (TPSA) is 110 Å². The van der Waals surface area contributed by atoms with E-state index in [1.165, 1.54) is 6.26 Å². The molecule has 166 valence electrons. The van der Waals surface area contributed by atoms with E-state index in [2.05, 4.69) is 16.0 Å². The normalized spacial score (nSPS) is 10.3. The fourth-order valence-electron chi connectivity index (χ4n) is 2.87. The van der Waals surface area contributed by atoms with E-state index in [1.54, 1.807) is 36.4 Å². The quantitative estimate of drug-likeness (QED) is 0.448. The van der Waals surface area contributed by atoms with Gasteiger partial charge >= 0.3 is 0 Å². The van der Waals surface area contributed by atoms with Gasteiger partial charge in [0.1, 0.15) is 5.75 Å². The summed E-state index contributed by atoms with van der Waals surface area (Å²) >= 11 is 0. The molecule has 0 saturated heterocycles. The molecule has 32 heavy (non-hydrogen) atoms. The molecule has 0 aliphatic heterocycles. The Morgan fingerprint density at radius 2 is 1.59 bits per heavy atom. The van der Waals surface area contributed by atoms with Crippen LogP contribution in [-0.4, -0.2) is 37.4 Å². The number of carbonyl (C=O) groups is 3. The lowest BCUT2D eigenvalue weighted by Crippen LogP contribution is -2.34. The Hall–Kier alpha value is -4.07. The van der Waals surface area contributed by atoms with Crippen LogP contribution < -0.4 is 20.7 Å². The molecule has 0 unspecified atom stereocenters. The minimum absolute atomic E-state index is 0.115. The van der Waals surface area contributed by atoms with E-state index >= 15 is 0 Å². The number of hydrogen-bond acceptors (Lipinski definition) is 5. The van der Waals surface area contributed by atoms with Crippen LogP contribution in [0.4, 0.5) is 5.69 Å². The van der Waals surface area contributed by atoms with Gasteiger partial charge in [0, 0.05) is 24.3 Å². The summed E-state index contributed by atoms with van der Waals surface area (Å²) in [5.74, 6) is -0.0319. The van der Waals surface area contributed by atoms with Crippen molar-refractivity contribution in [3.05, 3.63) is 83.3 Å². The van der Waals surface area contributed by atoms with Crippen LogP contribution >= 0.6 is 0 Å². The molecule has 3 N–H and O–H groups in total. The molecule has 1 aromatic heterocycles. The summed E-state index contributed by atoms with van der Waals surface area (Å²) < 4.78 is 10.6. The van der Waals surface area contributed by atoms with Crippen molar-refractivity contribution < 1.29 is 23.5 Å². The summed E-state index contributed by atoms with van der Waals surface area (Å²) in [5, 5.41) is 8.10. The molecule has 2 aromatic carbocycles. The second-order valence-electron chi connectivity index (χ2n) is 7.10. The fourth-order valence-corrected chi connectivity index (χ4v) is 2.87. The Morgan fingerprint density at radius 3 is 2.28 bits per heavy atom. The van der Waals surface area contributed by atoms with E-state index in [-0.39, 0.29) is 43.2 Å². The largest absolute Gasteiger partial charge is 0.483 e. The van der Waals surface area contributed by atoms with E-state index in [0.717, 1.165) is 11.1 Å². The van der Waals surface area contributed by atoms with Crippen molar-refractivity contribution in [1.82, 2.24) is 10.6 Å². The minimum atomic E-state index is -0.342. The zero-order valence-corrected chi connectivity index (χ0v) is 17.9. The van der Waals surface area contributed by atoms with Crippen LogP contribution in [0.3, 0.4) is 0 Å². The van der Waals surface area contributed by atoms with Gasteiger partial charge in [-0.15, -0.1) is 0 Å². The van der Waals surface area contributed by atoms with Gasteiger partial charge in [-0.3, -0.25) is 14.4 Å². The lowest BCUT2D eigenvalue weighted by molar-refractivity contribution is -0.118. The zero-order valence-electron chi connectivity index (χ0n) is 17.9. The molecular formula is C24H25N3O5. The molecule has 3 amide bonds. The molecule has 0 fully saturated rings. The van der Waals surface area contributed by atoms with Gasteiger partial charge in [0.2, 0.25) is 0 Å². The van der Waals surface area contributed by atoms with E-state index in [4.69, 9.17) is 9.15 Å². The van der Waals surface area contributed by atoms with Crippen molar-refractivity contribution in [3.8, 4) is 5.75 Å². The fraction of sp³-hybridized carbons (Fsp3) is 0.208. The molecule has 0 atom stereocenters. The van der Waals surface area contributed by atoms with Gasteiger partial charge in [0.05, 0.1) is 6.26 Å². The Balaban J connectivity index is 1.40. The van der Waals surface area contributed by atoms with Crippen molar-refractivity contribution in [2.75, 3.05) is 25.0 Å². The number of hydrogen-bond donors (Lipinski definition) is 3. The first-order valence-electron chi connectivity index (χ1n) is 10.1. The molecule has 0 spiro atoms. The lowest BCUT2D eigenvalue weighted by atomic mass is 10.1. The number of furan rings is 1. The summed E-state index contributed by atoms with van der Waals surface area (Å²) in [6.07, 6.45) is 1.42. The number of anilines is 1. The van der Waals surface area contributed by atoms with E-state index < -0.39 is 0 Å². The summed E-state index contributed by atoms with van der Waals surface area (Å²) in [7, 11) is 0. The second-order valence-corrected chi connectivity index (χ2v) is 7.10. The molecule has 0 radical (unpaired) electrons. The molecule has 0 aliphatic carbocycles. The molecule has 8 nitrogen and oxygen atoms in total. The number of ether oxygens (including phenoxy) is 1. The zero-order chi connectivity index (χ0) is 22.9. The number of carbonyl (C=O) groups excluding carboxylic acids is 3. The molecular weight excluding hydrogens is 410 g/mol. The Kier molecular flexibility index (Phi) is 7.64. The van der Waals surface area contributed by atoms with Gasteiger partial charge in [-0.1, -0.05) is 12.1 Å². The van der Waals surface area contributed by atoms with Crippen LogP contribution in [0, 0.1) is 13.8 Å². The van der Waals surface area contributed by atoms with Gasteiger partial charge in [-0.2, -0.15) is 0 Å². The maximum Gasteiger partial charge on any atom is 0.287 e. The molecule has 3 aromatic rings. The van der Waals surface area contributed by atoms with Crippen molar-refractivity contribution >= 4 is 23.4 Å². The molecule has 0 aliphatic rings. The highest BCUT2D eigenvalue weighted by Gasteiger charge is 2.10. The maximum absolute atomic E-state index is 12.2. The van der Waals surface area contributed by atoms with Gasteiger partial charge in [-0.25, -0.2) is 0 Å². The summed E-state index contributed by atoms with van der Waals surface area (Å²) in [6.45, 7) is 4.34. The molecule has 1 heterocycles. The predicted molar refractivity (Wildman–Crippen MR) is 120 cm³/mol. The van der Waals surface area contributed by atoms with Crippen LogP contribution in [0.25, 0.3) is 0 Å². The van der Waals surface area contributed by atoms with Crippen molar-refractivity contribution in [2.24, 2.45) is 0 Å². The maximum atomic E-state index is 12.2. The monoisotopic (exact) mass is 435 g/mol. The standard InChI is InChI=1S/C24H25N3O5/c1-16-5-3-6-20(17(16)2)32-15-22(28)27-19-10-8-18(9-11-19)23(29)25-12-13-26-24(30)21-7-4-14-31-21/h3-11,14H,12-13,15H2,1-2H3,(H,25,29)(H,26,30)(H,27,28). The number of rotatable bonds is 9. The van der Waals surface area contributed by atoms with E-state index in [9.17, 15) is 14.4 Å². The van der Waals surface area contributed by atoms with E-state index in [1.807, 2.05) is 32.0 Å². The van der Waals surface area contributed by atoms with Gasteiger partial charge in [-0.05, 0) is 67.4 Å². The molecule has 8 heteroatoms. The highest BCUT2D eigenvalue weighted by molar-refractivity contribution is 5.96. The third-order valence-electron chi connectivity index (χ3n) is 4.79. The van der Waals surface area contributed by atoms with Crippen molar-refractivity contribution in [2.45, 2.75) is 13.8 Å². The summed E-state index contributed by atoms with van der Waals surface area (Å²) in [6, 6.07) is 15.4. The van der Waals surface area contributed by atoms with Crippen LogP contribution in [0.15, 0.2) is 65.3 Å². The Morgan fingerprint density at radius 1 is 0.875 bits per heavy atom. The Bertz CT molecular complexity index is 1080. The number of amides is 3. The highest BCUT2D eigenvalue weighted by Crippen LogP contribution is 2.20. The SMILES string of the molecule is Cc1cccc(OCC(=O)Nc2ccc(C(=O)NCCNC(=O)c3ccco3)cc2)c1C. The first kappa shape index (κ1) is 22.6. The summed E-state index contributed by atoms with van der Waals surface area (Å²) in [4.78, 5) is 36.1. The van der Waals surface area contributed by atoms with Crippen LogP contribution in [0.2, 0.25) is 0 Å². The number of nitrogens with one attached hydrogen (secondary N) is 3. The Labute approximate surface area is 186 Å².